The Kier molecular flexibility index (Phi) is 4.22. The van der Waals surface area contributed by atoms with E-state index in [1.165, 1.54) is 0 Å². The Labute approximate surface area is 113 Å². The second-order valence-corrected chi connectivity index (χ2v) is 4.77. The fourth-order valence-electron chi connectivity index (χ4n) is 2.06. The first-order valence-electron chi connectivity index (χ1n) is 6.51. The Morgan fingerprint density at radius 2 is 2.16 bits per heavy atom. The normalized spacial score (nSPS) is 12.6. The topological polar surface area (TPSA) is 45.5 Å². The van der Waals surface area contributed by atoms with E-state index >= 15 is 0 Å². The van der Waals surface area contributed by atoms with Crippen LogP contribution in [0.25, 0.3) is 11.0 Å². The van der Waals surface area contributed by atoms with Gasteiger partial charge in [-0.15, -0.1) is 0 Å². The molecule has 0 aliphatic rings. The molecule has 102 valence electrons. The van der Waals surface area contributed by atoms with Gasteiger partial charge in [-0.3, -0.25) is 4.79 Å². The predicted octanol–water partition coefficient (Wildman–Crippen LogP) is 2.21. The van der Waals surface area contributed by atoms with E-state index in [2.05, 4.69) is 5.32 Å². The van der Waals surface area contributed by atoms with Crippen molar-refractivity contribution in [2.45, 2.75) is 12.8 Å². The monoisotopic (exact) mass is 260 g/mol. The fraction of sp³-hybridized carbons (Fsp3) is 0.400. The standard InChI is InChI=1S/C15H20N2O2/c1-11(15(18)17(3)9-8-16-2)14-10-12-6-4-5-7-13(12)19-14/h4-7,10-11,16H,8-9H2,1-3H3. The highest BCUT2D eigenvalue weighted by Gasteiger charge is 2.22. The molecule has 0 radical (unpaired) electrons. The van der Waals surface area contributed by atoms with Gasteiger partial charge in [-0.25, -0.2) is 0 Å². The van der Waals surface area contributed by atoms with Crippen molar-refractivity contribution >= 4 is 16.9 Å². The number of hydrogen-bond donors (Lipinski definition) is 1. The lowest BCUT2D eigenvalue weighted by Crippen LogP contribution is -2.35. The van der Waals surface area contributed by atoms with Crippen LogP contribution in [0.15, 0.2) is 34.7 Å². The highest BCUT2D eigenvalue weighted by molar-refractivity contribution is 5.85. The molecule has 1 N–H and O–H groups in total. The molecule has 1 aromatic heterocycles. The number of fused-ring (bicyclic) bond motifs is 1. The number of hydrogen-bond acceptors (Lipinski definition) is 3. The molecule has 1 unspecified atom stereocenters. The zero-order valence-corrected chi connectivity index (χ0v) is 11.6. The lowest BCUT2D eigenvalue weighted by molar-refractivity contribution is -0.131. The number of likely N-dealkylation sites (N-methyl/N-ethyl adjacent to an activating group) is 2. The number of carbonyl (C=O) groups excluding carboxylic acids is 1. The van der Waals surface area contributed by atoms with Crippen molar-refractivity contribution in [2.24, 2.45) is 0 Å². The summed E-state index contributed by atoms with van der Waals surface area (Å²) >= 11 is 0. The van der Waals surface area contributed by atoms with E-state index in [0.717, 1.165) is 23.3 Å². The molecular weight excluding hydrogens is 240 g/mol. The van der Waals surface area contributed by atoms with Crippen LogP contribution in [0, 0.1) is 0 Å². The average molecular weight is 260 g/mol. The van der Waals surface area contributed by atoms with Crippen molar-refractivity contribution in [3.8, 4) is 0 Å². The number of furan rings is 1. The Hall–Kier alpha value is -1.81. The largest absolute Gasteiger partial charge is 0.460 e. The maximum atomic E-state index is 12.3. The second-order valence-electron chi connectivity index (χ2n) is 4.77. The van der Waals surface area contributed by atoms with E-state index in [1.54, 1.807) is 4.90 Å². The van der Waals surface area contributed by atoms with Crippen LogP contribution in [-0.2, 0) is 4.79 Å². The summed E-state index contributed by atoms with van der Waals surface area (Å²) in [5, 5.41) is 4.07. The zero-order chi connectivity index (χ0) is 13.8. The van der Waals surface area contributed by atoms with Crippen LogP contribution in [0.4, 0.5) is 0 Å². The number of carbonyl (C=O) groups is 1. The summed E-state index contributed by atoms with van der Waals surface area (Å²) in [6.07, 6.45) is 0. The van der Waals surface area contributed by atoms with E-state index in [1.807, 2.05) is 51.4 Å². The Balaban J connectivity index is 2.14. The van der Waals surface area contributed by atoms with Crippen LogP contribution in [-0.4, -0.2) is 38.0 Å². The van der Waals surface area contributed by atoms with Gasteiger partial charge >= 0.3 is 0 Å². The van der Waals surface area contributed by atoms with Gasteiger partial charge in [0, 0.05) is 25.5 Å². The maximum absolute atomic E-state index is 12.3. The number of amides is 1. The SMILES string of the molecule is CNCCN(C)C(=O)C(C)c1cc2ccccc2o1. The lowest BCUT2D eigenvalue weighted by Gasteiger charge is -2.20. The maximum Gasteiger partial charge on any atom is 0.232 e. The highest BCUT2D eigenvalue weighted by atomic mass is 16.3. The predicted molar refractivity (Wildman–Crippen MR) is 76.2 cm³/mol. The van der Waals surface area contributed by atoms with Crippen molar-refractivity contribution in [1.29, 1.82) is 0 Å². The number of nitrogens with zero attached hydrogens (tertiary/aromatic N) is 1. The molecule has 0 saturated carbocycles. The summed E-state index contributed by atoms with van der Waals surface area (Å²) in [7, 11) is 3.69. The van der Waals surface area contributed by atoms with Gasteiger partial charge in [0.2, 0.25) is 5.91 Å². The van der Waals surface area contributed by atoms with Gasteiger partial charge in [0.25, 0.3) is 0 Å². The first kappa shape index (κ1) is 13.6. The number of nitrogens with one attached hydrogen (secondary N) is 1. The third kappa shape index (κ3) is 2.96. The van der Waals surface area contributed by atoms with Gasteiger partial charge in [-0.1, -0.05) is 18.2 Å². The van der Waals surface area contributed by atoms with Crippen molar-refractivity contribution in [3.63, 3.8) is 0 Å². The minimum absolute atomic E-state index is 0.0781. The van der Waals surface area contributed by atoms with Crippen molar-refractivity contribution < 1.29 is 9.21 Å². The molecule has 2 aromatic rings. The van der Waals surface area contributed by atoms with Crippen molar-refractivity contribution in [1.82, 2.24) is 10.2 Å². The molecule has 0 bridgehead atoms. The van der Waals surface area contributed by atoms with E-state index < -0.39 is 0 Å². The van der Waals surface area contributed by atoms with E-state index in [4.69, 9.17) is 4.42 Å². The lowest BCUT2D eigenvalue weighted by atomic mass is 10.1. The summed E-state index contributed by atoms with van der Waals surface area (Å²) in [6.45, 7) is 3.37. The highest BCUT2D eigenvalue weighted by Crippen LogP contribution is 2.25. The number of rotatable bonds is 5. The van der Waals surface area contributed by atoms with Crippen LogP contribution in [0.2, 0.25) is 0 Å². The first-order valence-corrected chi connectivity index (χ1v) is 6.51. The Morgan fingerprint density at radius 3 is 2.84 bits per heavy atom. The van der Waals surface area contributed by atoms with Crippen LogP contribution < -0.4 is 5.32 Å². The summed E-state index contributed by atoms with van der Waals surface area (Å²) in [6, 6.07) is 9.75. The van der Waals surface area contributed by atoms with Gasteiger partial charge in [-0.2, -0.15) is 0 Å². The van der Waals surface area contributed by atoms with Crippen molar-refractivity contribution in [2.75, 3.05) is 27.2 Å². The molecule has 1 atom stereocenters. The molecular formula is C15H20N2O2. The Morgan fingerprint density at radius 1 is 1.42 bits per heavy atom. The molecule has 4 nitrogen and oxygen atoms in total. The summed E-state index contributed by atoms with van der Waals surface area (Å²) in [5.74, 6) is 0.547. The molecule has 0 spiro atoms. The average Bonchev–Trinajstić information content (AvgIpc) is 2.86. The number of para-hydroxylation sites is 1. The van der Waals surface area contributed by atoms with E-state index in [0.29, 0.717) is 6.54 Å². The molecule has 0 aliphatic carbocycles. The number of benzene rings is 1. The van der Waals surface area contributed by atoms with E-state index in [9.17, 15) is 4.79 Å². The van der Waals surface area contributed by atoms with Crippen LogP contribution in [0.1, 0.15) is 18.6 Å². The zero-order valence-electron chi connectivity index (χ0n) is 11.6. The van der Waals surface area contributed by atoms with E-state index in [-0.39, 0.29) is 11.8 Å². The second kappa shape index (κ2) is 5.89. The van der Waals surface area contributed by atoms with Crippen LogP contribution in [0.5, 0.6) is 0 Å². The fourth-order valence-corrected chi connectivity index (χ4v) is 2.06. The van der Waals surface area contributed by atoms with Crippen LogP contribution in [0.3, 0.4) is 0 Å². The third-order valence-corrected chi connectivity index (χ3v) is 3.32. The minimum atomic E-state index is -0.255. The molecule has 2 rings (SSSR count). The van der Waals surface area contributed by atoms with Gasteiger partial charge in [0.1, 0.15) is 11.3 Å². The van der Waals surface area contributed by atoms with Crippen LogP contribution >= 0.6 is 0 Å². The molecule has 1 amide bonds. The first-order chi connectivity index (χ1) is 9.13. The van der Waals surface area contributed by atoms with Gasteiger partial charge in [0.15, 0.2) is 0 Å². The van der Waals surface area contributed by atoms with Crippen molar-refractivity contribution in [3.05, 3.63) is 36.1 Å². The molecule has 19 heavy (non-hydrogen) atoms. The third-order valence-electron chi connectivity index (χ3n) is 3.32. The Bertz CT molecular complexity index is 529. The summed E-state index contributed by atoms with van der Waals surface area (Å²) in [5.41, 5.74) is 0.829. The molecule has 1 heterocycles. The van der Waals surface area contributed by atoms with Gasteiger partial charge < -0.3 is 14.6 Å². The molecule has 1 aromatic carbocycles. The van der Waals surface area contributed by atoms with Gasteiger partial charge in [-0.05, 0) is 26.1 Å². The minimum Gasteiger partial charge on any atom is -0.460 e. The molecule has 0 aliphatic heterocycles. The van der Waals surface area contributed by atoms with Gasteiger partial charge in [0.05, 0.1) is 5.92 Å². The molecule has 0 fully saturated rings. The quantitative estimate of drug-likeness (QED) is 0.896. The molecule has 0 saturated heterocycles. The molecule has 4 heteroatoms. The summed E-state index contributed by atoms with van der Waals surface area (Å²) in [4.78, 5) is 14.0. The smallest absolute Gasteiger partial charge is 0.232 e. The summed E-state index contributed by atoms with van der Waals surface area (Å²) < 4.78 is 5.74.